The summed E-state index contributed by atoms with van der Waals surface area (Å²) in [6.07, 6.45) is 1.41. The first-order valence-corrected chi connectivity index (χ1v) is 4.30. The van der Waals surface area contributed by atoms with Crippen LogP contribution in [0.3, 0.4) is 0 Å². The molecule has 0 amide bonds. The lowest BCUT2D eigenvalue weighted by Gasteiger charge is -1.90. The molecule has 0 atom stereocenters. The van der Waals surface area contributed by atoms with Crippen LogP contribution in [0.5, 0.6) is 0 Å². The van der Waals surface area contributed by atoms with Gasteiger partial charge in [-0.2, -0.15) is 5.10 Å². The minimum atomic E-state index is -0.881. The predicted molar refractivity (Wildman–Crippen MR) is 40.5 cm³/mol. The number of aromatic carboxylic acids is 1. The Labute approximate surface area is 67.2 Å². The van der Waals surface area contributed by atoms with Gasteiger partial charge in [-0.05, 0) is 0 Å². The van der Waals surface area contributed by atoms with E-state index in [2.05, 4.69) is 5.10 Å². The van der Waals surface area contributed by atoms with Crippen molar-refractivity contribution in [3.8, 4) is 0 Å². The van der Waals surface area contributed by atoms with E-state index in [1.807, 2.05) is 0 Å². The van der Waals surface area contributed by atoms with Crippen molar-refractivity contribution >= 4 is 17.7 Å². The van der Waals surface area contributed by atoms with Gasteiger partial charge in [-0.25, -0.2) is 4.79 Å². The van der Waals surface area contributed by atoms with E-state index in [1.54, 1.807) is 16.4 Å². The maximum absolute atomic E-state index is 10.6. The van der Waals surface area contributed by atoms with E-state index in [4.69, 9.17) is 5.11 Å². The predicted octanol–water partition coefficient (Wildman–Crippen LogP) is 0.786. The highest BCUT2D eigenvalue weighted by Crippen LogP contribution is 2.25. The van der Waals surface area contributed by atoms with Gasteiger partial charge in [-0.1, -0.05) is 0 Å². The Morgan fingerprint density at radius 1 is 1.82 bits per heavy atom. The maximum Gasteiger partial charge on any atom is 0.339 e. The molecule has 0 saturated heterocycles. The van der Waals surface area contributed by atoms with Crippen molar-refractivity contribution in [3.63, 3.8) is 0 Å². The smallest absolute Gasteiger partial charge is 0.339 e. The van der Waals surface area contributed by atoms with Gasteiger partial charge >= 0.3 is 5.97 Å². The molecule has 0 aliphatic carbocycles. The Kier molecular flexibility index (Phi) is 1.38. The molecule has 0 unspecified atom stereocenters. The molecule has 1 aliphatic heterocycles. The molecule has 58 valence electrons. The third-order valence-corrected chi connectivity index (χ3v) is 2.54. The molecule has 1 aromatic heterocycles. The summed E-state index contributed by atoms with van der Waals surface area (Å²) in [5.74, 6) is 0.665. The highest BCUT2D eigenvalue weighted by Gasteiger charge is 2.20. The minimum absolute atomic E-state index is 0.343. The maximum atomic E-state index is 10.6. The van der Waals surface area contributed by atoms with Gasteiger partial charge in [-0.15, -0.1) is 11.8 Å². The quantitative estimate of drug-likeness (QED) is 0.676. The molecule has 0 fully saturated rings. The van der Waals surface area contributed by atoms with E-state index in [1.165, 1.54) is 6.20 Å². The van der Waals surface area contributed by atoms with Crippen molar-refractivity contribution in [1.82, 2.24) is 9.78 Å². The number of fused-ring (bicyclic) bond motifs is 1. The number of hydrogen-bond acceptors (Lipinski definition) is 3. The fourth-order valence-corrected chi connectivity index (χ4v) is 2.07. The number of thioether (sulfide) groups is 1. The highest BCUT2D eigenvalue weighted by molar-refractivity contribution is 7.97. The molecule has 11 heavy (non-hydrogen) atoms. The molecular formula is C6H6N2O2S. The van der Waals surface area contributed by atoms with Gasteiger partial charge in [0.05, 0.1) is 17.8 Å². The summed E-state index contributed by atoms with van der Waals surface area (Å²) in [4.78, 5) is 10.6. The molecule has 0 aromatic carbocycles. The summed E-state index contributed by atoms with van der Waals surface area (Å²) in [5.41, 5.74) is 1.18. The van der Waals surface area contributed by atoms with Crippen molar-refractivity contribution in [2.45, 2.75) is 11.6 Å². The summed E-state index contributed by atoms with van der Waals surface area (Å²) in [7, 11) is 0. The Morgan fingerprint density at radius 2 is 2.64 bits per heavy atom. The lowest BCUT2D eigenvalue weighted by Crippen LogP contribution is -1.99. The lowest BCUT2D eigenvalue weighted by molar-refractivity contribution is 0.0696. The van der Waals surface area contributed by atoms with Crippen molar-refractivity contribution in [3.05, 3.63) is 17.5 Å². The van der Waals surface area contributed by atoms with Crippen molar-refractivity contribution in [2.24, 2.45) is 0 Å². The highest BCUT2D eigenvalue weighted by atomic mass is 32.2. The third kappa shape index (κ3) is 0.920. The van der Waals surface area contributed by atoms with Crippen LogP contribution < -0.4 is 0 Å². The molecule has 4 nitrogen and oxygen atoms in total. The van der Waals surface area contributed by atoms with Gasteiger partial charge in [0.15, 0.2) is 0 Å². The zero-order valence-electron chi connectivity index (χ0n) is 5.65. The number of carboxylic acid groups (broad SMARTS) is 1. The Hall–Kier alpha value is -0.970. The van der Waals surface area contributed by atoms with Crippen LogP contribution in [0, 0.1) is 0 Å². The first-order valence-electron chi connectivity index (χ1n) is 3.15. The second-order valence-corrected chi connectivity index (χ2v) is 3.24. The molecule has 5 heteroatoms. The fraction of sp³-hybridized carbons (Fsp3) is 0.333. The lowest BCUT2D eigenvalue weighted by atomic mass is 10.3. The van der Waals surface area contributed by atoms with Gasteiger partial charge < -0.3 is 5.11 Å². The van der Waals surface area contributed by atoms with Crippen LogP contribution in [0.4, 0.5) is 0 Å². The second-order valence-electron chi connectivity index (χ2n) is 2.29. The van der Waals surface area contributed by atoms with Crippen molar-refractivity contribution in [2.75, 3.05) is 0 Å². The molecule has 2 heterocycles. The molecular weight excluding hydrogens is 164 g/mol. The molecule has 1 N–H and O–H groups in total. The summed E-state index contributed by atoms with van der Waals surface area (Å²) in [6, 6.07) is 0. The van der Waals surface area contributed by atoms with Crippen LogP contribution in [0.25, 0.3) is 0 Å². The molecule has 1 aromatic rings. The number of hydrogen-bond donors (Lipinski definition) is 1. The summed E-state index contributed by atoms with van der Waals surface area (Å²) < 4.78 is 1.73. The SMILES string of the molecule is O=C(O)c1cnn2c1CSC2. The number of carbonyl (C=O) groups is 1. The monoisotopic (exact) mass is 170 g/mol. The van der Waals surface area contributed by atoms with Crippen LogP contribution >= 0.6 is 11.8 Å². The fourth-order valence-electron chi connectivity index (χ4n) is 1.08. The van der Waals surface area contributed by atoms with E-state index in [0.717, 1.165) is 17.3 Å². The van der Waals surface area contributed by atoms with Gasteiger partial charge in [0.2, 0.25) is 0 Å². The van der Waals surface area contributed by atoms with E-state index in [-0.39, 0.29) is 0 Å². The van der Waals surface area contributed by atoms with Crippen LogP contribution in [-0.2, 0) is 11.6 Å². The largest absolute Gasteiger partial charge is 0.478 e. The van der Waals surface area contributed by atoms with Crippen LogP contribution in [0.15, 0.2) is 6.20 Å². The molecule has 2 rings (SSSR count). The van der Waals surface area contributed by atoms with Gasteiger partial charge in [0, 0.05) is 5.75 Å². The number of nitrogens with zero attached hydrogens (tertiary/aromatic N) is 2. The third-order valence-electron chi connectivity index (χ3n) is 1.63. The van der Waals surface area contributed by atoms with Crippen LogP contribution in [-0.4, -0.2) is 20.9 Å². The second kappa shape index (κ2) is 2.27. The number of aromatic nitrogens is 2. The first-order chi connectivity index (χ1) is 5.29. The Bertz CT molecular complexity index is 308. The molecule has 0 radical (unpaired) electrons. The molecule has 0 bridgehead atoms. The summed E-state index contributed by atoms with van der Waals surface area (Å²) in [5, 5.41) is 12.6. The average Bonchev–Trinajstić information content (AvgIpc) is 2.41. The minimum Gasteiger partial charge on any atom is -0.478 e. The molecule has 0 spiro atoms. The zero-order chi connectivity index (χ0) is 7.84. The van der Waals surface area contributed by atoms with Crippen LogP contribution in [0.2, 0.25) is 0 Å². The van der Waals surface area contributed by atoms with Crippen molar-refractivity contribution in [1.29, 1.82) is 0 Å². The van der Waals surface area contributed by atoms with Gasteiger partial charge in [0.1, 0.15) is 5.56 Å². The summed E-state index contributed by atoms with van der Waals surface area (Å²) >= 11 is 1.68. The van der Waals surface area contributed by atoms with Crippen molar-refractivity contribution < 1.29 is 9.90 Å². The molecule has 0 saturated carbocycles. The van der Waals surface area contributed by atoms with E-state index >= 15 is 0 Å². The van der Waals surface area contributed by atoms with Crippen LogP contribution in [0.1, 0.15) is 16.1 Å². The van der Waals surface area contributed by atoms with E-state index < -0.39 is 5.97 Å². The van der Waals surface area contributed by atoms with Gasteiger partial charge in [0.25, 0.3) is 0 Å². The normalized spacial score (nSPS) is 14.9. The van der Waals surface area contributed by atoms with Gasteiger partial charge in [-0.3, -0.25) is 4.68 Å². The average molecular weight is 170 g/mol. The number of rotatable bonds is 1. The topological polar surface area (TPSA) is 55.1 Å². The summed E-state index contributed by atoms with van der Waals surface area (Å²) in [6.45, 7) is 0. The Balaban J connectivity index is 2.50. The first kappa shape index (κ1) is 6.72. The standard InChI is InChI=1S/C6H6N2O2S/c9-6(10)4-1-7-8-3-11-2-5(4)8/h1H,2-3H2,(H,9,10). The molecule has 1 aliphatic rings. The Morgan fingerprint density at radius 3 is 3.36 bits per heavy atom. The van der Waals surface area contributed by atoms with E-state index in [0.29, 0.717) is 5.56 Å². The van der Waals surface area contributed by atoms with E-state index in [9.17, 15) is 4.79 Å². The number of carboxylic acids is 1. The zero-order valence-corrected chi connectivity index (χ0v) is 6.47.